The summed E-state index contributed by atoms with van der Waals surface area (Å²) in [5.74, 6) is -3.52. The highest BCUT2D eigenvalue weighted by atomic mass is 16.5. The summed E-state index contributed by atoms with van der Waals surface area (Å²) in [4.78, 5) is 32.2. The van der Waals surface area contributed by atoms with E-state index in [0.29, 0.717) is 0 Å². The highest BCUT2D eigenvalue weighted by Crippen LogP contribution is 1.94. The maximum absolute atomic E-state index is 11.3. The second-order valence-corrected chi connectivity index (χ2v) is 3.06. The van der Waals surface area contributed by atoms with Gasteiger partial charge in [-0.15, -0.1) is 0 Å². The molecule has 0 saturated heterocycles. The van der Waals surface area contributed by atoms with Crippen molar-refractivity contribution in [2.75, 3.05) is 13.7 Å². The second-order valence-electron chi connectivity index (χ2n) is 3.06. The van der Waals surface area contributed by atoms with E-state index in [1.807, 2.05) is 5.32 Å². The molecule has 0 fully saturated rings. The summed E-state index contributed by atoms with van der Waals surface area (Å²) in [6.07, 6.45) is -0.708. The van der Waals surface area contributed by atoms with Crippen LogP contribution in [-0.2, 0) is 19.1 Å². The Morgan fingerprint density at radius 1 is 1.38 bits per heavy atom. The predicted octanol–water partition coefficient (Wildman–Crippen LogP) is -2.00. The van der Waals surface area contributed by atoms with Crippen molar-refractivity contribution in [1.82, 2.24) is 5.32 Å². The van der Waals surface area contributed by atoms with Gasteiger partial charge in [-0.3, -0.25) is 9.59 Å². The number of nitrogens with one attached hydrogen (secondary N) is 1. The van der Waals surface area contributed by atoms with Crippen molar-refractivity contribution in [1.29, 1.82) is 0 Å². The Labute approximate surface area is 91.4 Å². The van der Waals surface area contributed by atoms with E-state index in [9.17, 15) is 14.4 Å². The first-order valence-electron chi connectivity index (χ1n) is 4.38. The third-order valence-electron chi connectivity index (χ3n) is 1.68. The van der Waals surface area contributed by atoms with Crippen molar-refractivity contribution in [2.45, 2.75) is 18.5 Å². The van der Waals surface area contributed by atoms with Gasteiger partial charge in [0.1, 0.15) is 12.1 Å². The molecule has 16 heavy (non-hydrogen) atoms. The number of amides is 1. The van der Waals surface area contributed by atoms with Crippen LogP contribution in [0.1, 0.15) is 6.42 Å². The molecule has 92 valence electrons. The van der Waals surface area contributed by atoms with E-state index in [4.69, 9.17) is 15.9 Å². The number of aliphatic carboxylic acids is 2. The van der Waals surface area contributed by atoms with Gasteiger partial charge in [-0.05, 0) is 0 Å². The number of methoxy groups -OCH3 is 1. The zero-order valence-electron chi connectivity index (χ0n) is 8.67. The van der Waals surface area contributed by atoms with Gasteiger partial charge in [0.05, 0.1) is 13.0 Å². The zero-order chi connectivity index (χ0) is 12.7. The Kier molecular flexibility index (Phi) is 6.04. The maximum atomic E-state index is 11.3. The Morgan fingerprint density at radius 3 is 2.31 bits per heavy atom. The minimum atomic E-state index is -1.49. The second kappa shape index (κ2) is 6.75. The number of carboxylic acids is 2. The van der Waals surface area contributed by atoms with E-state index in [1.54, 1.807) is 0 Å². The van der Waals surface area contributed by atoms with Crippen LogP contribution < -0.4 is 11.1 Å². The summed E-state index contributed by atoms with van der Waals surface area (Å²) in [6, 6.07) is -2.52. The zero-order valence-corrected chi connectivity index (χ0v) is 8.67. The van der Waals surface area contributed by atoms with Crippen LogP contribution in [0.2, 0.25) is 0 Å². The topological polar surface area (TPSA) is 139 Å². The molecular weight excluding hydrogens is 220 g/mol. The fourth-order valence-corrected chi connectivity index (χ4v) is 0.909. The summed E-state index contributed by atoms with van der Waals surface area (Å²) >= 11 is 0. The first-order chi connectivity index (χ1) is 7.38. The van der Waals surface area contributed by atoms with Crippen LogP contribution >= 0.6 is 0 Å². The van der Waals surface area contributed by atoms with Crippen LogP contribution in [0.3, 0.4) is 0 Å². The lowest BCUT2D eigenvalue weighted by molar-refractivity contribution is -0.147. The van der Waals surface area contributed by atoms with Gasteiger partial charge in [0.15, 0.2) is 0 Å². The van der Waals surface area contributed by atoms with Gasteiger partial charge in [0, 0.05) is 7.11 Å². The Balaban J connectivity index is 4.34. The van der Waals surface area contributed by atoms with Gasteiger partial charge >= 0.3 is 11.9 Å². The Hall–Kier alpha value is -1.67. The molecule has 0 aromatic carbocycles. The summed E-state index contributed by atoms with van der Waals surface area (Å²) in [6.45, 7) is -0.0781. The molecule has 8 nitrogen and oxygen atoms in total. The molecule has 0 aliphatic carbocycles. The maximum Gasteiger partial charge on any atom is 0.326 e. The molecule has 0 radical (unpaired) electrons. The molecular formula is C8H14N2O6. The van der Waals surface area contributed by atoms with Crippen LogP contribution in [0.25, 0.3) is 0 Å². The van der Waals surface area contributed by atoms with Crippen LogP contribution in [0.4, 0.5) is 0 Å². The first-order valence-corrected chi connectivity index (χ1v) is 4.38. The highest BCUT2D eigenvalue weighted by Gasteiger charge is 2.25. The lowest BCUT2D eigenvalue weighted by atomic mass is 10.2. The number of carboxylic acid groups (broad SMARTS) is 2. The Bertz CT molecular complexity index is 280. The molecule has 0 spiro atoms. The molecule has 0 heterocycles. The van der Waals surface area contributed by atoms with Gasteiger partial charge in [0.2, 0.25) is 5.91 Å². The van der Waals surface area contributed by atoms with E-state index >= 15 is 0 Å². The molecule has 2 atom stereocenters. The molecule has 0 saturated carbocycles. The van der Waals surface area contributed by atoms with Crippen LogP contribution in [0.15, 0.2) is 0 Å². The molecule has 2 unspecified atom stereocenters. The van der Waals surface area contributed by atoms with Crippen molar-refractivity contribution < 1.29 is 29.3 Å². The summed E-state index contributed by atoms with van der Waals surface area (Å²) in [5, 5.41) is 19.1. The van der Waals surface area contributed by atoms with Crippen molar-refractivity contribution >= 4 is 17.8 Å². The predicted molar refractivity (Wildman–Crippen MR) is 51.7 cm³/mol. The Morgan fingerprint density at radius 2 is 1.94 bits per heavy atom. The van der Waals surface area contributed by atoms with Gasteiger partial charge in [-0.2, -0.15) is 0 Å². The normalized spacial score (nSPS) is 13.9. The molecule has 0 aromatic rings. The average Bonchev–Trinajstić information content (AvgIpc) is 2.16. The molecule has 8 heteroatoms. The number of hydrogen-bond donors (Lipinski definition) is 4. The van der Waals surface area contributed by atoms with Crippen molar-refractivity contribution in [3.05, 3.63) is 0 Å². The summed E-state index contributed by atoms with van der Waals surface area (Å²) < 4.78 is 4.60. The van der Waals surface area contributed by atoms with E-state index in [-0.39, 0.29) is 6.61 Å². The van der Waals surface area contributed by atoms with E-state index in [0.717, 1.165) is 0 Å². The summed E-state index contributed by atoms with van der Waals surface area (Å²) in [5.41, 5.74) is 5.33. The lowest BCUT2D eigenvalue weighted by Crippen LogP contribution is -2.50. The highest BCUT2D eigenvalue weighted by molar-refractivity contribution is 5.89. The largest absolute Gasteiger partial charge is 0.481 e. The third kappa shape index (κ3) is 5.27. The third-order valence-corrected chi connectivity index (χ3v) is 1.68. The smallest absolute Gasteiger partial charge is 0.326 e. The van der Waals surface area contributed by atoms with E-state index in [1.165, 1.54) is 7.11 Å². The molecule has 0 aliphatic rings. The molecule has 5 N–H and O–H groups in total. The SMILES string of the molecule is COCC(N)C(=O)NC(CC(=O)O)C(=O)O. The van der Waals surface area contributed by atoms with Gasteiger partial charge in [-0.25, -0.2) is 4.79 Å². The standard InChI is InChI=1S/C8H14N2O6/c1-16-3-4(9)7(13)10-5(8(14)15)2-6(11)12/h4-5H,2-3,9H2,1H3,(H,10,13)(H,11,12)(H,14,15). The molecule has 0 bridgehead atoms. The van der Waals surface area contributed by atoms with E-state index in [2.05, 4.69) is 4.74 Å². The van der Waals surface area contributed by atoms with Crippen molar-refractivity contribution in [2.24, 2.45) is 5.73 Å². The quantitative estimate of drug-likeness (QED) is 0.399. The fraction of sp³-hybridized carbons (Fsp3) is 0.625. The number of hydrogen-bond acceptors (Lipinski definition) is 5. The van der Waals surface area contributed by atoms with Gasteiger partial charge < -0.3 is 26.0 Å². The lowest BCUT2D eigenvalue weighted by Gasteiger charge is -2.15. The molecule has 1 amide bonds. The van der Waals surface area contributed by atoms with Gasteiger partial charge in [0.25, 0.3) is 0 Å². The monoisotopic (exact) mass is 234 g/mol. The molecule has 0 aliphatic heterocycles. The minimum absolute atomic E-state index is 0.0781. The number of carbonyl (C=O) groups excluding carboxylic acids is 1. The molecule has 0 aromatic heterocycles. The van der Waals surface area contributed by atoms with Crippen LogP contribution in [0, 0.1) is 0 Å². The number of ether oxygens (including phenoxy) is 1. The van der Waals surface area contributed by atoms with Crippen LogP contribution in [0.5, 0.6) is 0 Å². The number of carbonyl (C=O) groups is 3. The average molecular weight is 234 g/mol. The van der Waals surface area contributed by atoms with Crippen molar-refractivity contribution in [3.63, 3.8) is 0 Å². The molecule has 0 rings (SSSR count). The van der Waals surface area contributed by atoms with Crippen molar-refractivity contribution in [3.8, 4) is 0 Å². The summed E-state index contributed by atoms with van der Waals surface area (Å²) in [7, 11) is 1.33. The number of rotatable bonds is 7. The minimum Gasteiger partial charge on any atom is -0.481 e. The van der Waals surface area contributed by atoms with Gasteiger partial charge in [-0.1, -0.05) is 0 Å². The van der Waals surface area contributed by atoms with E-state index < -0.39 is 36.4 Å². The number of nitrogens with two attached hydrogens (primary N) is 1. The van der Waals surface area contributed by atoms with Crippen LogP contribution in [-0.4, -0.2) is 53.9 Å². The first kappa shape index (κ1) is 14.3. The fourth-order valence-electron chi connectivity index (χ4n) is 0.909.